The third kappa shape index (κ3) is 7.26. The number of halogens is 2. The van der Waals surface area contributed by atoms with E-state index in [1.54, 1.807) is 18.2 Å². The van der Waals surface area contributed by atoms with Crippen molar-refractivity contribution >= 4 is 29.9 Å². The number of nitrogens with one attached hydrogen (secondary N) is 2. The van der Waals surface area contributed by atoms with Gasteiger partial charge in [0.1, 0.15) is 0 Å². The van der Waals surface area contributed by atoms with Crippen molar-refractivity contribution in [2.45, 2.75) is 26.3 Å². The first-order valence-electron chi connectivity index (χ1n) is 9.22. The van der Waals surface area contributed by atoms with Crippen LogP contribution in [0.5, 0.6) is 17.2 Å². The molecule has 0 bridgehead atoms. The van der Waals surface area contributed by atoms with Crippen LogP contribution in [0, 0.1) is 5.82 Å². The highest BCUT2D eigenvalue weighted by molar-refractivity contribution is 14.0. The summed E-state index contributed by atoms with van der Waals surface area (Å²) in [7, 11) is 2.97. The zero-order valence-corrected chi connectivity index (χ0v) is 19.5. The monoisotopic (exact) mass is 517 g/mol. The molecule has 0 aliphatic rings. The minimum absolute atomic E-state index is 0. The van der Waals surface area contributed by atoms with E-state index in [2.05, 4.69) is 15.6 Å². The third-order valence-corrected chi connectivity index (χ3v) is 4.29. The van der Waals surface area contributed by atoms with Gasteiger partial charge < -0.3 is 25.2 Å². The second kappa shape index (κ2) is 12.4. The molecule has 6 nitrogen and oxygen atoms in total. The van der Waals surface area contributed by atoms with Crippen LogP contribution in [-0.4, -0.2) is 38.4 Å². The highest BCUT2D eigenvalue weighted by Crippen LogP contribution is 2.26. The van der Waals surface area contributed by atoms with Crippen molar-refractivity contribution in [2.24, 2.45) is 4.99 Å². The van der Waals surface area contributed by atoms with Crippen LogP contribution in [0.3, 0.4) is 0 Å². The van der Waals surface area contributed by atoms with Crippen LogP contribution < -0.4 is 20.1 Å². The molecule has 2 rings (SSSR count). The molecule has 0 aliphatic carbocycles. The quantitative estimate of drug-likeness (QED) is 0.280. The lowest BCUT2D eigenvalue weighted by Gasteiger charge is -2.18. The number of nitrogens with zero attached hydrogens (tertiary/aromatic N) is 1. The number of hydrogen-bond donors (Lipinski definition) is 3. The van der Waals surface area contributed by atoms with Crippen LogP contribution in [0.2, 0.25) is 0 Å². The molecule has 160 valence electrons. The van der Waals surface area contributed by atoms with Crippen molar-refractivity contribution in [3.8, 4) is 17.2 Å². The average molecular weight is 517 g/mol. The Labute approximate surface area is 188 Å². The predicted octanol–water partition coefficient (Wildman–Crippen LogP) is 4.03. The average Bonchev–Trinajstić information content (AvgIpc) is 2.69. The fourth-order valence-electron chi connectivity index (χ4n) is 2.73. The van der Waals surface area contributed by atoms with Crippen molar-refractivity contribution in [2.75, 3.05) is 27.3 Å². The number of benzene rings is 2. The van der Waals surface area contributed by atoms with Gasteiger partial charge in [0.2, 0.25) is 0 Å². The molecular formula is C21H29FIN3O3. The van der Waals surface area contributed by atoms with E-state index in [-0.39, 0.29) is 41.5 Å². The summed E-state index contributed by atoms with van der Waals surface area (Å²) in [5.74, 6) is 1.04. The second-order valence-corrected chi connectivity index (χ2v) is 6.28. The van der Waals surface area contributed by atoms with Gasteiger partial charge in [-0.05, 0) is 55.7 Å². The maximum absolute atomic E-state index is 14.0. The highest BCUT2D eigenvalue weighted by atomic mass is 127. The zero-order valence-electron chi connectivity index (χ0n) is 17.2. The molecule has 0 aliphatic heterocycles. The van der Waals surface area contributed by atoms with Gasteiger partial charge in [-0.1, -0.05) is 12.1 Å². The molecule has 8 heteroatoms. The van der Waals surface area contributed by atoms with E-state index in [0.717, 1.165) is 11.1 Å². The van der Waals surface area contributed by atoms with Crippen molar-refractivity contribution in [3.05, 3.63) is 53.3 Å². The predicted molar refractivity (Wildman–Crippen MR) is 124 cm³/mol. The molecule has 1 atom stereocenters. The van der Waals surface area contributed by atoms with Gasteiger partial charge in [-0.2, -0.15) is 0 Å². The first kappa shape index (κ1) is 24.8. The van der Waals surface area contributed by atoms with Gasteiger partial charge >= 0.3 is 0 Å². The van der Waals surface area contributed by atoms with Crippen molar-refractivity contribution < 1.29 is 19.0 Å². The molecule has 2 aromatic carbocycles. The number of phenols is 1. The summed E-state index contributed by atoms with van der Waals surface area (Å²) in [5.41, 5.74) is 1.81. The Morgan fingerprint density at radius 2 is 1.86 bits per heavy atom. The van der Waals surface area contributed by atoms with E-state index >= 15 is 0 Å². The van der Waals surface area contributed by atoms with E-state index < -0.39 is 5.82 Å². The maximum atomic E-state index is 14.0. The van der Waals surface area contributed by atoms with Crippen LogP contribution in [0.15, 0.2) is 41.4 Å². The molecule has 0 fully saturated rings. The smallest absolute Gasteiger partial charge is 0.191 e. The summed E-state index contributed by atoms with van der Waals surface area (Å²) >= 11 is 0. The summed E-state index contributed by atoms with van der Waals surface area (Å²) in [6.45, 7) is 5.19. The Kier molecular flexibility index (Phi) is 10.6. The fourth-order valence-corrected chi connectivity index (χ4v) is 2.73. The molecule has 0 amide bonds. The topological polar surface area (TPSA) is 75.1 Å². The van der Waals surface area contributed by atoms with Crippen molar-refractivity contribution in [1.29, 1.82) is 0 Å². The number of phenolic OH excluding ortho intramolecular Hbond substituents is 1. The Morgan fingerprint density at radius 3 is 2.48 bits per heavy atom. The van der Waals surface area contributed by atoms with Crippen LogP contribution in [0.1, 0.15) is 31.0 Å². The largest absolute Gasteiger partial charge is 0.504 e. The summed E-state index contributed by atoms with van der Waals surface area (Å²) in [6.07, 6.45) is 0.693. The molecule has 29 heavy (non-hydrogen) atoms. The summed E-state index contributed by atoms with van der Waals surface area (Å²) in [5, 5.41) is 16.1. The molecule has 0 radical (unpaired) electrons. The number of ether oxygens (including phenoxy) is 2. The molecule has 0 spiro atoms. The van der Waals surface area contributed by atoms with Gasteiger partial charge in [0.05, 0.1) is 20.3 Å². The van der Waals surface area contributed by atoms with Gasteiger partial charge in [-0.3, -0.25) is 4.99 Å². The number of rotatable bonds is 8. The molecule has 0 saturated heterocycles. The van der Waals surface area contributed by atoms with E-state index in [1.165, 1.54) is 20.3 Å². The standard InChI is InChI=1S/C21H28FN3O3.HI/c1-5-23-21(24-11-10-15-6-8-18(26)20(12-15)28-4)25-14(2)16-7-9-19(27-3)17(22)13-16;/h6-9,12-14,26H,5,10-11H2,1-4H3,(H2,23,24,25);1H. The lowest BCUT2D eigenvalue weighted by molar-refractivity contribution is 0.373. The summed E-state index contributed by atoms with van der Waals surface area (Å²) in [4.78, 5) is 4.58. The van der Waals surface area contributed by atoms with Gasteiger partial charge in [0.25, 0.3) is 0 Å². The number of hydrogen-bond acceptors (Lipinski definition) is 4. The molecule has 1 unspecified atom stereocenters. The number of aromatic hydroxyl groups is 1. The van der Waals surface area contributed by atoms with Gasteiger partial charge in [-0.15, -0.1) is 24.0 Å². The third-order valence-electron chi connectivity index (χ3n) is 4.29. The van der Waals surface area contributed by atoms with Gasteiger partial charge in [0, 0.05) is 13.1 Å². The Bertz CT molecular complexity index is 818. The van der Waals surface area contributed by atoms with Crippen LogP contribution in [-0.2, 0) is 6.42 Å². The van der Waals surface area contributed by atoms with E-state index in [9.17, 15) is 9.50 Å². The molecule has 0 aromatic heterocycles. The van der Waals surface area contributed by atoms with E-state index in [0.29, 0.717) is 31.2 Å². The minimum atomic E-state index is -0.392. The van der Waals surface area contributed by atoms with Crippen molar-refractivity contribution in [1.82, 2.24) is 10.6 Å². The van der Waals surface area contributed by atoms with E-state index in [1.807, 2.05) is 26.0 Å². The lowest BCUT2D eigenvalue weighted by atomic mass is 10.1. The molecule has 2 aromatic rings. The molecule has 0 saturated carbocycles. The zero-order chi connectivity index (χ0) is 20.5. The second-order valence-electron chi connectivity index (χ2n) is 6.28. The fraction of sp³-hybridized carbons (Fsp3) is 0.381. The summed E-state index contributed by atoms with van der Waals surface area (Å²) < 4.78 is 24.0. The summed E-state index contributed by atoms with van der Waals surface area (Å²) in [6, 6.07) is 10.0. The molecular weight excluding hydrogens is 488 g/mol. The first-order valence-corrected chi connectivity index (χ1v) is 9.22. The van der Waals surface area contributed by atoms with Gasteiger partial charge in [-0.25, -0.2) is 4.39 Å². The minimum Gasteiger partial charge on any atom is -0.504 e. The number of methoxy groups -OCH3 is 2. The molecule has 3 N–H and O–H groups in total. The normalized spacial score (nSPS) is 12.0. The van der Waals surface area contributed by atoms with Gasteiger partial charge in [0.15, 0.2) is 29.0 Å². The molecule has 0 heterocycles. The lowest BCUT2D eigenvalue weighted by Crippen LogP contribution is -2.38. The maximum Gasteiger partial charge on any atom is 0.191 e. The Balaban J connectivity index is 0.00000420. The number of guanidine groups is 1. The van der Waals surface area contributed by atoms with Crippen LogP contribution >= 0.6 is 24.0 Å². The van der Waals surface area contributed by atoms with E-state index in [4.69, 9.17) is 9.47 Å². The van der Waals surface area contributed by atoms with Crippen LogP contribution in [0.25, 0.3) is 0 Å². The van der Waals surface area contributed by atoms with Crippen LogP contribution in [0.4, 0.5) is 4.39 Å². The highest BCUT2D eigenvalue weighted by Gasteiger charge is 2.11. The Hall–Kier alpha value is -2.23. The van der Waals surface area contributed by atoms with Crippen molar-refractivity contribution in [3.63, 3.8) is 0 Å². The first-order chi connectivity index (χ1) is 13.5. The number of aliphatic imine (C=N–C) groups is 1. The Morgan fingerprint density at radius 1 is 1.14 bits per heavy atom. The SMILES string of the molecule is CCNC(=NCCc1ccc(O)c(OC)c1)NC(C)c1ccc(OC)c(F)c1.I.